The highest BCUT2D eigenvalue weighted by Gasteiger charge is 2.21. The monoisotopic (exact) mass is 490 g/mol. The number of benzene rings is 2. The van der Waals surface area contributed by atoms with Gasteiger partial charge in [0.05, 0.1) is 52.5 Å². The number of hydrogen-bond donors (Lipinski definition) is 1. The molecule has 0 spiro atoms. The first-order valence-electron chi connectivity index (χ1n) is 7.86. The second-order valence-electron chi connectivity index (χ2n) is 5.77. The lowest BCUT2D eigenvalue weighted by molar-refractivity contribution is 0.101. The van der Waals surface area contributed by atoms with Crippen molar-refractivity contribution in [1.82, 2.24) is 17.8 Å². The van der Waals surface area contributed by atoms with Gasteiger partial charge in [-0.05, 0) is 30.3 Å². The molecule has 4 rings (SSSR count). The summed E-state index contributed by atoms with van der Waals surface area (Å²) in [5.41, 5.74) is 0.498. The van der Waals surface area contributed by atoms with E-state index in [0.29, 0.717) is 16.9 Å². The van der Waals surface area contributed by atoms with E-state index in [0.717, 1.165) is 17.5 Å². The summed E-state index contributed by atoms with van der Waals surface area (Å²) in [5, 5.41) is 20.5. The number of carbonyl (C=O) groups excluding carboxylic acids is 1. The van der Waals surface area contributed by atoms with Crippen LogP contribution >= 0.6 is 22.9 Å². The van der Waals surface area contributed by atoms with Crippen molar-refractivity contribution in [2.45, 2.75) is 0 Å². The maximum atomic E-state index is 14.2. The van der Waals surface area contributed by atoms with Crippen LogP contribution < -0.4 is 5.32 Å². The third kappa shape index (κ3) is 3.09. The zero-order valence-electron chi connectivity index (χ0n) is 13.9. The summed E-state index contributed by atoms with van der Waals surface area (Å²) in [4.78, 5) is 12.4. The van der Waals surface area contributed by atoms with Crippen LogP contribution in [-0.4, -0.2) is 23.7 Å². The van der Waals surface area contributed by atoms with E-state index < -0.39 is 28.7 Å². The van der Waals surface area contributed by atoms with Crippen molar-refractivity contribution >= 4 is 45.4 Å². The zero-order chi connectivity index (χ0) is 19.8. The average Bonchev–Trinajstić information content (AvgIpc) is 3.27. The molecule has 0 atom stereocenters. The Morgan fingerprint density at radius 3 is 2.71 bits per heavy atom. The molecule has 2 heterocycles. The summed E-state index contributed by atoms with van der Waals surface area (Å²) in [6.45, 7) is 0. The molecule has 2 aromatic carbocycles. The SMILES string of the molecule is N#Cc1ccc(F)c(C(=O)Nc2ccc3cnn(-c4cnn(I)c4)c3c2)c1F. The van der Waals surface area contributed by atoms with Crippen molar-refractivity contribution in [3.8, 4) is 11.8 Å². The first-order valence-corrected chi connectivity index (χ1v) is 8.83. The van der Waals surface area contributed by atoms with Gasteiger partial charge in [-0.1, -0.05) is 0 Å². The maximum Gasteiger partial charge on any atom is 0.261 e. The minimum absolute atomic E-state index is 0.322. The molecule has 0 fully saturated rings. The average molecular weight is 490 g/mol. The van der Waals surface area contributed by atoms with Crippen LogP contribution in [0.3, 0.4) is 0 Å². The number of halogens is 3. The fraction of sp³-hybridized carbons (Fsp3) is 0. The number of carbonyl (C=O) groups is 1. The van der Waals surface area contributed by atoms with Crippen molar-refractivity contribution in [2.75, 3.05) is 5.32 Å². The maximum absolute atomic E-state index is 14.2. The molecule has 0 aliphatic rings. The smallest absolute Gasteiger partial charge is 0.261 e. The van der Waals surface area contributed by atoms with Gasteiger partial charge >= 0.3 is 0 Å². The van der Waals surface area contributed by atoms with E-state index >= 15 is 0 Å². The Kier molecular flexibility index (Phi) is 4.52. The number of rotatable bonds is 3. The molecule has 1 amide bonds. The van der Waals surface area contributed by atoms with Crippen LogP contribution in [0.2, 0.25) is 0 Å². The van der Waals surface area contributed by atoms with Gasteiger partial charge < -0.3 is 5.32 Å². The number of hydrogen-bond acceptors (Lipinski definition) is 4. The Hall–Kier alpha value is -3.33. The lowest BCUT2D eigenvalue weighted by Gasteiger charge is -2.09. The summed E-state index contributed by atoms with van der Waals surface area (Å²) in [7, 11) is 0. The molecule has 0 saturated heterocycles. The number of nitrogens with one attached hydrogen (secondary N) is 1. The molecule has 1 N–H and O–H groups in total. The quantitative estimate of drug-likeness (QED) is 0.443. The molecule has 0 saturated carbocycles. The number of nitriles is 1. The third-order valence-electron chi connectivity index (χ3n) is 4.05. The number of anilines is 1. The van der Waals surface area contributed by atoms with Gasteiger partial charge in [-0.15, -0.1) is 0 Å². The van der Waals surface area contributed by atoms with Gasteiger partial charge in [0.15, 0.2) is 5.82 Å². The Morgan fingerprint density at radius 1 is 1.18 bits per heavy atom. The number of amides is 1. The Labute approximate surface area is 170 Å². The molecule has 0 aliphatic heterocycles. The van der Waals surface area contributed by atoms with Crippen LogP contribution in [0.1, 0.15) is 15.9 Å². The van der Waals surface area contributed by atoms with E-state index in [1.165, 1.54) is 0 Å². The van der Waals surface area contributed by atoms with Gasteiger partial charge in [-0.25, -0.2) is 16.4 Å². The van der Waals surface area contributed by atoms with Crippen LogP contribution in [0.15, 0.2) is 48.9 Å². The number of fused-ring (bicyclic) bond motifs is 1. The lowest BCUT2D eigenvalue weighted by Crippen LogP contribution is -2.16. The van der Waals surface area contributed by atoms with Crippen LogP contribution in [0.5, 0.6) is 0 Å². The predicted molar refractivity (Wildman–Crippen MR) is 105 cm³/mol. The molecule has 138 valence electrons. The van der Waals surface area contributed by atoms with E-state index in [1.54, 1.807) is 50.4 Å². The summed E-state index contributed by atoms with van der Waals surface area (Å²) in [5.74, 6) is -3.23. The van der Waals surface area contributed by atoms with Crippen molar-refractivity contribution in [3.63, 3.8) is 0 Å². The minimum Gasteiger partial charge on any atom is -0.322 e. The fourth-order valence-corrected chi connectivity index (χ4v) is 3.15. The Morgan fingerprint density at radius 2 is 2.00 bits per heavy atom. The van der Waals surface area contributed by atoms with Crippen molar-refractivity contribution in [2.24, 2.45) is 0 Å². The molecule has 0 bridgehead atoms. The molecule has 0 aliphatic carbocycles. The molecule has 4 aromatic rings. The van der Waals surface area contributed by atoms with E-state index in [-0.39, 0.29) is 0 Å². The normalized spacial score (nSPS) is 10.8. The molecular weight excluding hydrogens is 481 g/mol. The highest BCUT2D eigenvalue weighted by atomic mass is 127. The first-order chi connectivity index (χ1) is 13.5. The highest BCUT2D eigenvalue weighted by molar-refractivity contribution is 14.1. The van der Waals surface area contributed by atoms with Gasteiger partial charge in [-0.2, -0.15) is 15.5 Å². The standard InChI is InChI=1S/C18H9F2IN6O/c19-14-4-2-10(6-22)17(20)16(14)18(28)25-12-3-1-11-7-24-27(15(11)5-12)13-8-23-26(21)9-13/h1-5,7-9H,(H,25,28). The fourth-order valence-electron chi connectivity index (χ4n) is 2.74. The highest BCUT2D eigenvalue weighted by Crippen LogP contribution is 2.24. The minimum atomic E-state index is -1.19. The van der Waals surface area contributed by atoms with Crippen molar-refractivity contribution in [1.29, 1.82) is 5.26 Å². The third-order valence-corrected chi connectivity index (χ3v) is 4.58. The molecule has 0 unspecified atom stereocenters. The second kappa shape index (κ2) is 7.01. The molecular formula is C18H9F2IN6O. The molecule has 2 aromatic heterocycles. The molecule has 10 heteroatoms. The first kappa shape index (κ1) is 18.1. The molecule has 0 radical (unpaired) electrons. The van der Waals surface area contributed by atoms with Crippen molar-refractivity contribution < 1.29 is 13.6 Å². The lowest BCUT2D eigenvalue weighted by atomic mass is 10.1. The summed E-state index contributed by atoms with van der Waals surface area (Å²) in [6.07, 6.45) is 5.04. The topological polar surface area (TPSA) is 88.5 Å². The largest absolute Gasteiger partial charge is 0.322 e. The summed E-state index contributed by atoms with van der Waals surface area (Å²) >= 11 is 2.00. The van der Waals surface area contributed by atoms with Gasteiger partial charge in [0, 0.05) is 11.1 Å². The number of aromatic nitrogens is 4. The van der Waals surface area contributed by atoms with E-state index in [1.807, 2.05) is 22.9 Å². The molecule has 7 nitrogen and oxygen atoms in total. The van der Waals surface area contributed by atoms with Crippen LogP contribution in [0, 0.1) is 23.0 Å². The van der Waals surface area contributed by atoms with Crippen LogP contribution in [0.25, 0.3) is 16.6 Å². The number of nitrogens with zero attached hydrogens (tertiary/aromatic N) is 5. The van der Waals surface area contributed by atoms with E-state index in [9.17, 15) is 13.6 Å². The second-order valence-corrected chi connectivity index (χ2v) is 6.76. The Balaban J connectivity index is 1.71. The van der Waals surface area contributed by atoms with Gasteiger partial charge in [0.1, 0.15) is 23.1 Å². The summed E-state index contributed by atoms with van der Waals surface area (Å²) < 4.78 is 31.4. The van der Waals surface area contributed by atoms with Crippen molar-refractivity contribution in [3.05, 3.63) is 71.7 Å². The van der Waals surface area contributed by atoms with Gasteiger partial charge in [0.2, 0.25) is 0 Å². The van der Waals surface area contributed by atoms with Gasteiger partial charge in [-0.3, -0.25) is 4.79 Å². The zero-order valence-corrected chi connectivity index (χ0v) is 16.1. The predicted octanol–water partition coefficient (Wildman–Crippen LogP) is 3.82. The Bertz CT molecular complexity index is 1270. The van der Waals surface area contributed by atoms with Crippen LogP contribution in [-0.2, 0) is 0 Å². The van der Waals surface area contributed by atoms with Gasteiger partial charge in [0.25, 0.3) is 5.91 Å². The molecule has 28 heavy (non-hydrogen) atoms. The van der Waals surface area contributed by atoms with Crippen LogP contribution in [0.4, 0.5) is 14.5 Å². The van der Waals surface area contributed by atoms with E-state index in [4.69, 9.17) is 5.26 Å². The van der Waals surface area contributed by atoms with E-state index in [2.05, 4.69) is 15.5 Å². The summed E-state index contributed by atoms with van der Waals surface area (Å²) in [6, 6.07) is 8.41.